The fourth-order valence-corrected chi connectivity index (χ4v) is 5.61. The summed E-state index contributed by atoms with van der Waals surface area (Å²) in [5, 5.41) is 43.9. The van der Waals surface area contributed by atoms with Crippen LogP contribution >= 0.6 is 0 Å². The number of allylic oxidation sites excluding steroid dienone is 2. The Morgan fingerprint density at radius 3 is 2.45 bits per heavy atom. The van der Waals surface area contributed by atoms with Crippen molar-refractivity contribution in [1.29, 1.82) is 0 Å². The average molecular weight is 454 g/mol. The van der Waals surface area contributed by atoms with E-state index in [2.05, 4.69) is 0 Å². The summed E-state index contributed by atoms with van der Waals surface area (Å²) in [5.74, 6) is -6.52. The Kier molecular flexibility index (Phi) is 5.22. The second-order valence-corrected chi connectivity index (χ2v) is 8.99. The molecule has 0 aliphatic heterocycles. The molecule has 0 aromatic heterocycles. The maximum absolute atomic E-state index is 13.5. The van der Waals surface area contributed by atoms with E-state index in [1.807, 2.05) is 6.92 Å². The number of phenols is 1. The molecule has 9 nitrogen and oxygen atoms in total. The van der Waals surface area contributed by atoms with Gasteiger partial charge in [-0.2, -0.15) is 0 Å². The highest BCUT2D eigenvalue weighted by Crippen LogP contribution is 2.52. The zero-order chi connectivity index (χ0) is 24.4. The predicted molar refractivity (Wildman–Crippen MR) is 118 cm³/mol. The highest BCUT2D eigenvalue weighted by atomic mass is 16.3. The third kappa shape index (κ3) is 2.96. The number of rotatable bonds is 3. The second-order valence-electron chi connectivity index (χ2n) is 8.99. The lowest BCUT2D eigenvalue weighted by Crippen LogP contribution is -2.63. The van der Waals surface area contributed by atoms with Gasteiger partial charge in [0.15, 0.2) is 11.4 Å². The van der Waals surface area contributed by atoms with Crippen molar-refractivity contribution in [3.8, 4) is 5.75 Å². The van der Waals surface area contributed by atoms with Gasteiger partial charge in [-0.3, -0.25) is 19.3 Å². The van der Waals surface area contributed by atoms with Crippen LogP contribution in [0.5, 0.6) is 5.75 Å². The first-order chi connectivity index (χ1) is 15.5. The Hall–Kier alpha value is -3.43. The zero-order valence-electron chi connectivity index (χ0n) is 18.5. The molecule has 6 N–H and O–H groups in total. The number of aromatic hydroxyl groups is 1. The fourth-order valence-electron chi connectivity index (χ4n) is 5.61. The molecule has 0 bridgehead atoms. The normalized spacial score (nSPS) is 29.4. The summed E-state index contributed by atoms with van der Waals surface area (Å²) in [4.78, 5) is 40.2. The van der Waals surface area contributed by atoms with Crippen LogP contribution in [0.15, 0.2) is 40.9 Å². The number of carbonyl (C=O) groups is 3. The lowest BCUT2D eigenvalue weighted by Gasteiger charge is -2.50. The molecule has 1 amide bonds. The lowest BCUT2D eigenvalue weighted by molar-refractivity contribution is -0.148. The number of hydrogen-bond acceptors (Lipinski definition) is 8. The van der Waals surface area contributed by atoms with Gasteiger partial charge in [0.05, 0.1) is 11.6 Å². The Morgan fingerprint density at radius 1 is 1.21 bits per heavy atom. The van der Waals surface area contributed by atoms with Crippen molar-refractivity contribution in [3.63, 3.8) is 0 Å². The lowest BCUT2D eigenvalue weighted by atomic mass is 9.58. The van der Waals surface area contributed by atoms with Gasteiger partial charge in [0.2, 0.25) is 5.78 Å². The van der Waals surface area contributed by atoms with E-state index >= 15 is 0 Å². The molecule has 0 saturated carbocycles. The van der Waals surface area contributed by atoms with Crippen molar-refractivity contribution in [1.82, 2.24) is 4.90 Å². The zero-order valence-corrected chi connectivity index (χ0v) is 18.5. The number of aliphatic hydroxyl groups is 3. The standard InChI is InChI=1S/C24H26N2O7/c1-4-5-10-6-7-14(27)16-12(10)8-11-9-13-18(26(2)3)20(29)17(23(25)32)22(31)24(13,33)21(30)15(11)19(16)28/h4-7,11,13,18,27,29-30,33H,8-9H2,1-3H3,(H2,25,32)/b5-4-/t11?,13?,18?,24-/m0/s1. The third-order valence-corrected chi connectivity index (χ3v) is 6.99. The molecular weight excluding hydrogens is 428 g/mol. The van der Waals surface area contributed by atoms with Gasteiger partial charge >= 0.3 is 0 Å². The SMILES string of the molecule is C/C=C\c1ccc(O)c2c1CC1CC3C(N(C)C)C(O)=C(C(N)=O)C(=O)[C@@]3(O)C(O)=C1C2=O. The smallest absolute Gasteiger partial charge is 0.255 e. The molecular formula is C24H26N2O7. The van der Waals surface area contributed by atoms with E-state index in [1.165, 1.54) is 11.0 Å². The summed E-state index contributed by atoms with van der Waals surface area (Å²) in [6, 6.07) is 2.06. The molecule has 9 heteroatoms. The number of amides is 1. The fraction of sp³-hybridized carbons (Fsp3) is 0.375. The van der Waals surface area contributed by atoms with E-state index in [9.17, 15) is 34.8 Å². The number of benzene rings is 1. The molecule has 3 unspecified atom stereocenters. The molecule has 1 aromatic carbocycles. The van der Waals surface area contributed by atoms with E-state index in [1.54, 1.807) is 32.3 Å². The van der Waals surface area contributed by atoms with Crippen LogP contribution in [-0.4, -0.2) is 68.5 Å². The van der Waals surface area contributed by atoms with E-state index in [0.29, 0.717) is 5.56 Å². The van der Waals surface area contributed by atoms with E-state index < -0.39 is 58.0 Å². The number of aliphatic hydroxyl groups excluding tert-OH is 2. The number of carbonyl (C=O) groups excluding carboxylic acids is 3. The summed E-state index contributed by atoms with van der Waals surface area (Å²) in [6.45, 7) is 1.82. The number of primary amides is 1. The monoisotopic (exact) mass is 454 g/mol. The first kappa shape index (κ1) is 22.8. The van der Waals surface area contributed by atoms with Crippen LogP contribution in [0, 0.1) is 11.8 Å². The van der Waals surface area contributed by atoms with Crippen LogP contribution in [0.2, 0.25) is 0 Å². The molecule has 174 valence electrons. The van der Waals surface area contributed by atoms with Crippen LogP contribution < -0.4 is 5.73 Å². The molecule has 1 aromatic rings. The number of fused-ring (bicyclic) bond motifs is 3. The first-order valence-electron chi connectivity index (χ1n) is 10.6. The summed E-state index contributed by atoms with van der Waals surface area (Å²) < 4.78 is 0. The molecule has 0 heterocycles. The van der Waals surface area contributed by atoms with Crippen molar-refractivity contribution in [2.75, 3.05) is 14.1 Å². The van der Waals surface area contributed by atoms with Crippen LogP contribution in [-0.2, 0) is 16.0 Å². The number of likely N-dealkylation sites (N-methyl/N-ethyl adjacent to an activating group) is 1. The summed E-state index contributed by atoms with van der Waals surface area (Å²) >= 11 is 0. The van der Waals surface area contributed by atoms with Crippen molar-refractivity contribution in [2.45, 2.75) is 31.4 Å². The van der Waals surface area contributed by atoms with Gasteiger partial charge in [-0.1, -0.05) is 18.2 Å². The van der Waals surface area contributed by atoms with Crippen LogP contribution in [0.4, 0.5) is 0 Å². The number of Topliss-reactive ketones (excluding diaryl/α,β-unsaturated/α-hetero) is 2. The molecule has 33 heavy (non-hydrogen) atoms. The van der Waals surface area contributed by atoms with Crippen molar-refractivity contribution >= 4 is 23.5 Å². The molecule has 4 atom stereocenters. The van der Waals surface area contributed by atoms with Crippen molar-refractivity contribution < 1.29 is 34.8 Å². The molecule has 0 radical (unpaired) electrons. The van der Waals surface area contributed by atoms with E-state index in [0.717, 1.165) is 5.56 Å². The van der Waals surface area contributed by atoms with Gasteiger partial charge < -0.3 is 26.2 Å². The summed E-state index contributed by atoms with van der Waals surface area (Å²) in [7, 11) is 3.19. The number of nitrogens with zero attached hydrogens (tertiary/aromatic N) is 1. The number of phenolic OH excluding ortho intramolecular Hbond substituents is 1. The molecule has 0 spiro atoms. The third-order valence-electron chi connectivity index (χ3n) is 6.99. The summed E-state index contributed by atoms with van der Waals surface area (Å²) in [6.07, 6.45) is 3.94. The van der Waals surface area contributed by atoms with Gasteiger partial charge in [-0.25, -0.2) is 0 Å². The van der Waals surface area contributed by atoms with E-state index in [-0.39, 0.29) is 29.7 Å². The Balaban J connectivity index is 1.98. The van der Waals surface area contributed by atoms with Gasteiger partial charge in [0.25, 0.3) is 5.91 Å². The largest absolute Gasteiger partial charge is 0.510 e. The minimum absolute atomic E-state index is 0.00591. The topological polar surface area (TPSA) is 161 Å². The number of ketones is 2. The maximum atomic E-state index is 13.5. The van der Waals surface area contributed by atoms with Gasteiger partial charge in [0, 0.05) is 11.5 Å². The quantitative estimate of drug-likeness (QED) is 0.425. The maximum Gasteiger partial charge on any atom is 0.255 e. The van der Waals surface area contributed by atoms with Crippen LogP contribution in [0.25, 0.3) is 6.08 Å². The Morgan fingerprint density at radius 2 is 1.88 bits per heavy atom. The Bertz CT molecular complexity index is 1190. The highest BCUT2D eigenvalue weighted by Gasteiger charge is 2.63. The first-order valence-corrected chi connectivity index (χ1v) is 10.6. The summed E-state index contributed by atoms with van der Waals surface area (Å²) in [5.41, 5.74) is 3.05. The molecule has 3 aliphatic carbocycles. The number of nitrogens with two attached hydrogens (primary N) is 1. The van der Waals surface area contributed by atoms with Gasteiger partial charge in [-0.05, 0) is 57.0 Å². The Labute approximate surface area is 190 Å². The van der Waals surface area contributed by atoms with Crippen LogP contribution in [0.1, 0.15) is 34.8 Å². The average Bonchev–Trinajstić information content (AvgIpc) is 2.72. The highest BCUT2D eigenvalue weighted by molar-refractivity contribution is 6.24. The van der Waals surface area contributed by atoms with Gasteiger partial charge in [0.1, 0.15) is 22.8 Å². The minimum Gasteiger partial charge on any atom is -0.510 e. The molecule has 4 rings (SSSR count). The number of hydrogen-bond donors (Lipinski definition) is 5. The van der Waals surface area contributed by atoms with Crippen LogP contribution in [0.3, 0.4) is 0 Å². The molecule has 3 aliphatic rings. The van der Waals surface area contributed by atoms with E-state index in [4.69, 9.17) is 5.73 Å². The minimum atomic E-state index is -2.62. The van der Waals surface area contributed by atoms with Crippen molar-refractivity contribution in [3.05, 3.63) is 57.6 Å². The van der Waals surface area contributed by atoms with Crippen molar-refractivity contribution in [2.24, 2.45) is 17.6 Å². The second kappa shape index (κ2) is 7.57. The molecule has 0 saturated heterocycles. The van der Waals surface area contributed by atoms with Gasteiger partial charge in [-0.15, -0.1) is 0 Å². The molecule has 0 fully saturated rings. The predicted octanol–water partition coefficient (Wildman–Crippen LogP) is 1.15.